The van der Waals surface area contributed by atoms with Crippen LogP contribution in [0.4, 0.5) is 0 Å². The molecule has 0 bridgehead atoms. The van der Waals surface area contributed by atoms with Crippen LogP contribution in [-0.4, -0.2) is 16.7 Å². The highest BCUT2D eigenvalue weighted by atomic mass is 15.1. The lowest BCUT2D eigenvalue weighted by Gasteiger charge is -2.19. The third-order valence-corrected chi connectivity index (χ3v) is 3.71. The number of hydrogen-bond acceptors (Lipinski definition) is 3. The van der Waals surface area contributed by atoms with Crippen molar-refractivity contribution in [3.63, 3.8) is 0 Å². The zero-order valence-corrected chi connectivity index (χ0v) is 12.2. The van der Waals surface area contributed by atoms with Crippen molar-refractivity contribution in [2.45, 2.75) is 19.4 Å². The molecule has 1 heterocycles. The van der Waals surface area contributed by atoms with Gasteiger partial charge in [-0.05, 0) is 30.2 Å². The van der Waals surface area contributed by atoms with E-state index in [1.807, 2.05) is 18.3 Å². The Morgan fingerprint density at radius 2 is 1.76 bits per heavy atom. The summed E-state index contributed by atoms with van der Waals surface area (Å²) in [4.78, 5) is 0. The van der Waals surface area contributed by atoms with E-state index in [0.29, 0.717) is 6.04 Å². The van der Waals surface area contributed by atoms with E-state index in [9.17, 15) is 0 Å². The normalized spacial score (nSPS) is 12.4. The molecule has 0 spiro atoms. The monoisotopic (exact) mass is 277 g/mol. The van der Waals surface area contributed by atoms with E-state index < -0.39 is 0 Å². The zero-order valence-electron chi connectivity index (χ0n) is 12.2. The number of rotatable bonds is 5. The van der Waals surface area contributed by atoms with E-state index in [1.165, 1.54) is 16.5 Å². The van der Waals surface area contributed by atoms with Gasteiger partial charge in [-0.3, -0.25) is 0 Å². The Morgan fingerprint density at radius 3 is 2.57 bits per heavy atom. The Hall–Kier alpha value is -2.26. The largest absolute Gasteiger partial charge is 0.310 e. The second kappa shape index (κ2) is 6.46. The summed E-state index contributed by atoms with van der Waals surface area (Å²) >= 11 is 0. The summed E-state index contributed by atoms with van der Waals surface area (Å²) in [6.45, 7) is 3.08. The molecule has 0 fully saturated rings. The summed E-state index contributed by atoms with van der Waals surface area (Å²) in [5.41, 5.74) is 3.49. The molecular weight excluding hydrogens is 258 g/mol. The van der Waals surface area contributed by atoms with Crippen LogP contribution in [0.5, 0.6) is 0 Å². The van der Waals surface area contributed by atoms with Crippen LogP contribution in [0.25, 0.3) is 10.9 Å². The average Bonchev–Trinajstić information content (AvgIpc) is 2.55. The van der Waals surface area contributed by atoms with Gasteiger partial charge < -0.3 is 5.32 Å². The highest BCUT2D eigenvalue weighted by Crippen LogP contribution is 2.22. The van der Waals surface area contributed by atoms with Gasteiger partial charge in [0.05, 0.1) is 11.7 Å². The fourth-order valence-electron chi connectivity index (χ4n) is 2.68. The van der Waals surface area contributed by atoms with E-state index >= 15 is 0 Å². The lowest BCUT2D eigenvalue weighted by Crippen LogP contribution is -2.23. The first-order chi connectivity index (χ1) is 10.4. The highest BCUT2D eigenvalue weighted by Gasteiger charge is 2.13. The summed E-state index contributed by atoms with van der Waals surface area (Å²) < 4.78 is 0. The van der Waals surface area contributed by atoms with Crippen LogP contribution in [0.1, 0.15) is 24.1 Å². The Balaban J connectivity index is 1.95. The second-order valence-corrected chi connectivity index (χ2v) is 5.11. The maximum absolute atomic E-state index is 4.20. The van der Waals surface area contributed by atoms with Crippen LogP contribution in [0.2, 0.25) is 0 Å². The van der Waals surface area contributed by atoms with Gasteiger partial charge in [0.2, 0.25) is 0 Å². The van der Waals surface area contributed by atoms with Crippen molar-refractivity contribution < 1.29 is 0 Å². The Bertz CT molecular complexity index is 704. The van der Waals surface area contributed by atoms with Gasteiger partial charge >= 0.3 is 0 Å². The molecule has 0 aliphatic heterocycles. The molecule has 106 valence electrons. The number of hydrogen-bond donors (Lipinski definition) is 1. The Morgan fingerprint density at radius 1 is 1.00 bits per heavy atom. The van der Waals surface area contributed by atoms with Crippen LogP contribution in [0.3, 0.4) is 0 Å². The van der Waals surface area contributed by atoms with Crippen molar-refractivity contribution in [2.75, 3.05) is 6.54 Å². The summed E-state index contributed by atoms with van der Waals surface area (Å²) in [6, 6.07) is 19.0. The van der Waals surface area contributed by atoms with Gasteiger partial charge in [-0.2, -0.15) is 10.2 Å². The van der Waals surface area contributed by atoms with Crippen LogP contribution >= 0.6 is 0 Å². The highest BCUT2D eigenvalue weighted by molar-refractivity contribution is 5.81. The molecule has 0 radical (unpaired) electrons. The van der Waals surface area contributed by atoms with Crippen molar-refractivity contribution in [2.24, 2.45) is 0 Å². The number of nitrogens with zero attached hydrogens (tertiary/aromatic N) is 2. The summed E-state index contributed by atoms with van der Waals surface area (Å²) in [5, 5.41) is 13.1. The van der Waals surface area contributed by atoms with Crippen molar-refractivity contribution >= 4 is 10.9 Å². The molecule has 0 aliphatic rings. The van der Waals surface area contributed by atoms with E-state index in [0.717, 1.165) is 18.5 Å². The number of fused-ring (bicyclic) bond motifs is 1. The first kappa shape index (κ1) is 13.7. The van der Waals surface area contributed by atoms with Gasteiger partial charge in [-0.1, -0.05) is 55.5 Å². The summed E-state index contributed by atoms with van der Waals surface area (Å²) in [6.07, 6.45) is 2.80. The summed E-state index contributed by atoms with van der Waals surface area (Å²) in [7, 11) is 0. The lowest BCUT2D eigenvalue weighted by atomic mass is 9.97. The third-order valence-electron chi connectivity index (χ3n) is 3.71. The van der Waals surface area contributed by atoms with Gasteiger partial charge in [0.25, 0.3) is 0 Å². The Labute approximate surface area is 125 Å². The maximum atomic E-state index is 4.20. The first-order valence-corrected chi connectivity index (χ1v) is 7.36. The molecule has 3 nitrogen and oxygen atoms in total. The maximum Gasteiger partial charge on any atom is 0.0932 e. The van der Waals surface area contributed by atoms with Gasteiger partial charge in [-0.15, -0.1) is 0 Å². The minimum Gasteiger partial charge on any atom is -0.310 e. The van der Waals surface area contributed by atoms with E-state index in [1.54, 1.807) is 0 Å². The molecule has 1 N–H and O–H groups in total. The van der Waals surface area contributed by atoms with Crippen molar-refractivity contribution in [3.05, 3.63) is 71.9 Å². The van der Waals surface area contributed by atoms with Crippen LogP contribution < -0.4 is 5.32 Å². The smallest absolute Gasteiger partial charge is 0.0932 e. The molecule has 0 amide bonds. The van der Waals surface area contributed by atoms with Gasteiger partial charge in [0, 0.05) is 11.4 Å². The predicted octanol–water partition coefficient (Wildman–Crippen LogP) is 3.52. The molecule has 3 heteroatoms. The van der Waals surface area contributed by atoms with E-state index in [2.05, 4.69) is 64.9 Å². The fraction of sp³-hybridized carbons (Fsp3) is 0.222. The predicted molar refractivity (Wildman–Crippen MR) is 86.1 cm³/mol. The zero-order chi connectivity index (χ0) is 14.5. The third kappa shape index (κ3) is 3.09. The molecule has 21 heavy (non-hydrogen) atoms. The SMILES string of the molecule is CCNC(Cc1cnnc2ccccc12)c1ccccc1. The fourth-order valence-corrected chi connectivity index (χ4v) is 2.68. The Kier molecular flexibility index (Phi) is 4.22. The number of aromatic nitrogens is 2. The number of likely N-dealkylation sites (N-methyl/N-ethyl adjacent to an activating group) is 1. The lowest BCUT2D eigenvalue weighted by molar-refractivity contribution is 0.550. The minimum atomic E-state index is 0.295. The second-order valence-electron chi connectivity index (χ2n) is 5.11. The topological polar surface area (TPSA) is 37.8 Å². The minimum absolute atomic E-state index is 0.295. The molecule has 3 aromatic rings. The number of benzene rings is 2. The van der Waals surface area contributed by atoms with Crippen molar-refractivity contribution in [1.29, 1.82) is 0 Å². The standard InChI is InChI=1S/C18H19N3/c1-2-19-18(14-8-4-3-5-9-14)12-15-13-20-21-17-11-7-6-10-16(15)17/h3-11,13,18-19H,2,12H2,1H3. The summed E-state index contributed by atoms with van der Waals surface area (Å²) in [5.74, 6) is 0. The molecule has 0 saturated carbocycles. The number of nitrogens with one attached hydrogen (secondary N) is 1. The van der Waals surface area contributed by atoms with E-state index in [-0.39, 0.29) is 0 Å². The quantitative estimate of drug-likeness (QED) is 0.775. The van der Waals surface area contributed by atoms with Crippen LogP contribution in [0, 0.1) is 0 Å². The van der Waals surface area contributed by atoms with Gasteiger partial charge in [0.1, 0.15) is 0 Å². The first-order valence-electron chi connectivity index (χ1n) is 7.36. The molecule has 1 atom stereocenters. The van der Waals surface area contributed by atoms with Crippen molar-refractivity contribution in [1.82, 2.24) is 15.5 Å². The molecule has 1 aromatic heterocycles. The average molecular weight is 277 g/mol. The molecule has 1 unspecified atom stereocenters. The molecule has 0 saturated heterocycles. The molecule has 3 rings (SSSR count). The molecule has 0 aliphatic carbocycles. The van der Waals surface area contributed by atoms with E-state index in [4.69, 9.17) is 0 Å². The molecular formula is C18H19N3. The van der Waals surface area contributed by atoms with Gasteiger partial charge in [-0.25, -0.2) is 0 Å². The van der Waals surface area contributed by atoms with Crippen LogP contribution in [-0.2, 0) is 6.42 Å². The van der Waals surface area contributed by atoms with Crippen molar-refractivity contribution in [3.8, 4) is 0 Å². The van der Waals surface area contributed by atoms with Gasteiger partial charge in [0.15, 0.2) is 0 Å². The van der Waals surface area contributed by atoms with Crippen LogP contribution in [0.15, 0.2) is 60.8 Å². The molecule has 2 aromatic carbocycles.